The quantitative estimate of drug-likeness (QED) is 0.642. The van der Waals surface area contributed by atoms with Crippen molar-refractivity contribution in [3.05, 3.63) is 65.2 Å². The predicted molar refractivity (Wildman–Crippen MR) is 118 cm³/mol. The van der Waals surface area contributed by atoms with Crippen molar-refractivity contribution in [3.8, 4) is 0 Å². The van der Waals surface area contributed by atoms with Gasteiger partial charge in [0.25, 0.3) is 0 Å². The second-order valence-electron chi connectivity index (χ2n) is 7.84. The number of nitrogens with zero attached hydrogens (tertiary/aromatic N) is 1. The van der Waals surface area contributed by atoms with Crippen LogP contribution in [0.15, 0.2) is 53.4 Å². The van der Waals surface area contributed by atoms with Gasteiger partial charge < -0.3 is 5.32 Å². The summed E-state index contributed by atoms with van der Waals surface area (Å²) in [6, 6.07) is 14.8. The van der Waals surface area contributed by atoms with Gasteiger partial charge in [0.15, 0.2) is 0 Å². The van der Waals surface area contributed by atoms with Crippen LogP contribution in [-0.4, -0.2) is 38.9 Å². The number of piperidine rings is 1. The molecule has 1 saturated heterocycles. The van der Waals surface area contributed by atoms with Crippen LogP contribution in [0.2, 0.25) is 0 Å². The Bertz CT molecular complexity index is 936. The lowest BCUT2D eigenvalue weighted by molar-refractivity contribution is -0.121. The van der Waals surface area contributed by atoms with Crippen molar-refractivity contribution in [1.82, 2.24) is 14.9 Å². The average molecular weight is 430 g/mol. The smallest absolute Gasteiger partial charge is 0.240 e. The van der Waals surface area contributed by atoms with Crippen LogP contribution in [-0.2, 0) is 27.9 Å². The first-order valence-electron chi connectivity index (χ1n) is 10.6. The van der Waals surface area contributed by atoms with Crippen LogP contribution in [0.1, 0.15) is 42.4 Å². The molecule has 0 aromatic heterocycles. The van der Waals surface area contributed by atoms with Crippen LogP contribution in [0.5, 0.6) is 0 Å². The number of benzene rings is 2. The summed E-state index contributed by atoms with van der Waals surface area (Å²) in [6.45, 7) is 5.58. The molecule has 1 fully saturated rings. The van der Waals surface area contributed by atoms with E-state index < -0.39 is 10.0 Å². The van der Waals surface area contributed by atoms with Gasteiger partial charge in [0, 0.05) is 26.1 Å². The number of carbonyl (C=O) groups excluding carboxylic acids is 1. The zero-order valence-corrected chi connectivity index (χ0v) is 18.4. The predicted octanol–water partition coefficient (Wildman–Crippen LogP) is 2.97. The molecule has 0 spiro atoms. The molecule has 1 aliphatic rings. The lowest BCUT2D eigenvalue weighted by Crippen LogP contribution is -2.31. The third-order valence-electron chi connectivity index (χ3n) is 5.41. The minimum absolute atomic E-state index is 0.0669. The van der Waals surface area contributed by atoms with Gasteiger partial charge in [-0.05, 0) is 56.1 Å². The number of rotatable bonds is 9. The molecule has 2 aromatic carbocycles. The average Bonchev–Trinajstić information content (AvgIpc) is 2.74. The van der Waals surface area contributed by atoms with Gasteiger partial charge in [-0.25, -0.2) is 13.1 Å². The van der Waals surface area contributed by atoms with Gasteiger partial charge >= 0.3 is 0 Å². The van der Waals surface area contributed by atoms with E-state index in [1.807, 2.05) is 25.1 Å². The number of amides is 1. The number of aryl methyl sites for hydroxylation is 1. The standard InChI is InChI=1S/C23H31N3O3S/c1-19-9-11-22(12-10-19)30(28,29)25-14-13-23(27)24-17-20-7-3-4-8-21(20)18-26-15-5-2-6-16-26/h3-4,7-12,25H,2,5-6,13-18H2,1H3,(H,24,27). The van der Waals surface area contributed by atoms with Crippen LogP contribution in [0.3, 0.4) is 0 Å². The van der Waals surface area contributed by atoms with E-state index in [1.165, 1.54) is 24.8 Å². The Morgan fingerprint density at radius 3 is 2.33 bits per heavy atom. The fourth-order valence-corrected chi connectivity index (χ4v) is 4.66. The van der Waals surface area contributed by atoms with Crippen molar-refractivity contribution in [2.45, 2.75) is 50.6 Å². The maximum Gasteiger partial charge on any atom is 0.240 e. The molecule has 0 bridgehead atoms. The lowest BCUT2D eigenvalue weighted by atomic mass is 10.0. The summed E-state index contributed by atoms with van der Waals surface area (Å²) >= 11 is 0. The number of nitrogens with one attached hydrogen (secondary N) is 2. The first-order valence-corrected chi connectivity index (χ1v) is 12.0. The van der Waals surface area contributed by atoms with E-state index in [-0.39, 0.29) is 23.8 Å². The zero-order chi connectivity index (χ0) is 21.4. The van der Waals surface area contributed by atoms with Crippen LogP contribution in [0, 0.1) is 6.92 Å². The van der Waals surface area contributed by atoms with Gasteiger partial charge in [0.05, 0.1) is 4.90 Å². The molecule has 162 valence electrons. The summed E-state index contributed by atoms with van der Waals surface area (Å²) in [6.07, 6.45) is 3.90. The highest BCUT2D eigenvalue weighted by molar-refractivity contribution is 7.89. The van der Waals surface area contributed by atoms with Crippen LogP contribution < -0.4 is 10.0 Å². The van der Waals surface area contributed by atoms with Crippen LogP contribution >= 0.6 is 0 Å². The van der Waals surface area contributed by atoms with Gasteiger partial charge in [-0.2, -0.15) is 0 Å². The van der Waals surface area contributed by atoms with Crippen molar-refractivity contribution in [2.75, 3.05) is 19.6 Å². The molecule has 6 nitrogen and oxygen atoms in total. The molecule has 0 aliphatic carbocycles. The summed E-state index contributed by atoms with van der Waals surface area (Å²) in [5, 5.41) is 2.92. The highest BCUT2D eigenvalue weighted by atomic mass is 32.2. The highest BCUT2D eigenvalue weighted by Crippen LogP contribution is 2.16. The second-order valence-corrected chi connectivity index (χ2v) is 9.61. The number of hydrogen-bond donors (Lipinski definition) is 2. The Morgan fingerprint density at radius 1 is 0.967 bits per heavy atom. The summed E-state index contributed by atoms with van der Waals surface area (Å²) in [4.78, 5) is 14.9. The molecule has 1 aliphatic heterocycles. The summed E-state index contributed by atoms with van der Waals surface area (Å²) in [5.41, 5.74) is 3.34. The topological polar surface area (TPSA) is 78.5 Å². The molecule has 0 radical (unpaired) electrons. The molecule has 3 rings (SSSR count). The van der Waals surface area contributed by atoms with E-state index in [9.17, 15) is 13.2 Å². The Morgan fingerprint density at radius 2 is 1.63 bits per heavy atom. The summed E-state index contributed by atoms with van der Waals surface area (Å²) in [7, 11) is -3.60. The van der Waals surface area contributed by atoms with Crippen molar-refractivity contribution >= 4 is 15.9 Å². The molecule has 0 saturated carbocycles. The zero-order valence-electron chi connectivity index (χ0n) is 17.6. The van der Waals surface area contributed by atoms with Gasteiger partial charge in [0.1, 0.15) is 0 Å². The van der Waals surface area contributed by atoms with Gasteiger partial charge in [0.2, 0.25) is 15.9 Å². The van der Waals surface area contributed by atoms with Gasteiger partial charge in [-0.15, -0.1) is 0 Å². The molecule has 0 atom stereocenters. The number of carbonyl (C=O) groups is 1. The largest absolute Gasteiger partial charge is 0.352 e. The fourth-order valence-electron chi connectivity index (χ4n) is 3.62. The first kappa shape index (κ1) is 22.5. The minimum Gasteiger partial charge on any atom is -0.352 e. The van der Waals surface area contributed by atoms with Crippen molar-refractivity contribution in [3.63, 3.8) is 0 Å². The van der Waals surface area contributed by atoms with E-state index in [0.717, 1.165) is 30.8 Å². The molecule has 30 heavy (non-hydrogen) atoms. The Labute approximate surface area is 179 Å². The maximum absolute atomic E-state index is 12.3. The van der Waals surface area contributed by atoms with Crippen molar-refractivity contribution in [2.24, 2.45) is 0 Å². The highest BCUT2D eigenvalue weighted by Gasteiger charge is 2.15. The van der Waals surface area contributed by atoms with Gasteiger partial charge in [-0.1, -0.05) is 48.4 Å². The molecular weight excluding hydrogens is 398 g/mol. The van der Waals surface area contributed by atoms with Crippen LogP contribution in [0.25, 0.3) is 0 Å². The molecule has 2 N–H and O–H groups in total. The first-order chi connectivity index (χ1) is 14.4. The summed E-state index contributed by atoms with van der Waals surface area (Å²) < 4.78 is 27.1. The maximum atomic E-state index is 12.3. The van der Waals surface area contributed by atoms with Crippen molar-refractivity contribution < 1.29 is 13.2 Å². The normalized spacial score (nSPS) is 15.1. The molecule has 2 aromatic rings. The number of hydrogen-bond acceptors (Lipinski definition) is 4. The third-order valence-corrected chi connectivity index (χ3v) is 6.89. The Balaban J connectivity index is 1.46. The minimum atomic E-state index is -3.60. The fraction of sp³-hybridized carbons (Fsp3) is 0.435. The summed E-state index contributed by atoms with van der Waals surface area (Å²) in [5.74, 6) is -0.172. The van der Waals surface area contributed by atoms with Crippen LogP contribution in [0.4, 0.5) is 0 Å². The van der Waals surface area contributed by atoms with E-state index in [1.54, 1.807) is 24.3 Å². The molecule has 1 amide bonds. The van der Waals surface area contributed by atoms with Crippen molar-refractivity contribution in [1.29, 1.82) is 0 Å². The lowest BCUT2D eigenvalue weighted by Gasteiger charge is -2.27. The van der Waals surface area contributed by atoms with E-state index in [4.69, 9.17) is 0 Å². The molecule has 1 heterocycles. The third kappa shape index (κ3) is 6.65. The Hall–Kier alpha value is -2.22. The molecule has 0 unspecified atom stereocenters. The SMILES string of the molecule is Cc1ccc(S(=O)(=O)NCCC(=O)NCc2ccccc2CN2CCCCC2)cc1. The number of likely N-dealkylation sites (tertiary alicyclic amines) is 1. The van der Waals surface area contributed by atoms with E-state index in [2.05, 4.69) is 21.0 Å². The molecular formula is C23H31N3O3S. The van der Waals surface area contributed by atoms with Gasteiger partial charge in [-0.3, -0.25) is 9.69 Å². The molecule has 7 heteroatoms. The number of sulfonamides is 1. The second kappa shape index (κ2) is 10.7. The monoisotopic (exact) mass is 429 g/mol. The van der Waals surface area contributed by atoms with E-state index >= 15 is 0 Å². The van der Waals surface area contributed by atoms with E-state index in [0.29, 0.717) is 6.54 Å². The Kier molecular flexibility index (Phi) is 8.01.